The molecule has 0 aliphatic rings. The fourth-order valence-electron chi connectivity index (χ4n) is 0.798. The Morgan fingerprint density at radius 2 is 2.00 bits per heavy atom. The lowest BCUT2D eigenvalue weighted by molar-refractivity contribution is -0.137. The van der Waals surface area contributed by atoms with Crippen molar-refractivity contribution in [3.63, 3.8) is 0 Å². The maximum atomic E-state index is 11.3. The lowest BCUT2D eigenvalue weighted by atomic mass is 10.3. The zero-order chi connectivity index (χ0) is 12.8. The zero-order valence-electron chi connectivity index (χ0n) is 8.97. The third-order valence-electron chi connectivity index (χ3n) is 1.67. The third-order valence-corrected chi connectivity index (χ3v) is 3.10. The average Bonchev–Trinajstić information content (AvgIpc) is 2.16. The van der Waals surface area contributed by atoms with Crippen LogP contribution in [0.1, 0.15) is 12.8 Å². The Morgan fingerprint density at radius 1 is 1.44 bits per heavy atom. The third kappa shape index (κ3) is 5.51. The van der Waals surface area contributed by atoms with Gasteiger partial charge in [-0.05, 0) is 6.42 Å². The number of carbonyl (C=O) groups is 2. The maximum Gasteiger partial charge on any atom is 0.421 e. The van der Waals surface area contributed by atoms with Gasteiger partial charge in [0, 0.05) is 20.0 Å². The lowest BCUT2D eigenvalue weighted by Crippen LogP contribution is -2.41. The van der Waals surface area contributed by atoms with Crippen LogP contribution in [-0.4, -0.2) is 50.6 Å². The van der Waals surface area contributed by atoms with Gasteiger partial charge in [0.15, 0.2) is 0 Å². The van der Waals surface area contributed by atoms with E-state index in [4.69, 9.17) is 5.11 Å². The minimum Gasteiger partial charge on any atom is -0.481 e. The Labute approximate surface area is 93.4 Å². The first-order valence-corrected chi connectivity index (χ1v) is 5.77. The highest BCUT2D eigenvalue weighted by atomic mass is 32.2. The van der Waals surface area contributed by atoms with Gasteiger partial charge in [-0.3, -0.25) is 4.79 Å². The average molecular weight is 254 g/mol. The zero-order valence-corrected chi connectivity index (χ0v) is 9.78. The molecule has 0 heterocycles. The summed E-state index contributed by atoms with van der Waals surface area (Å²) in [6.07, 6.45) is -1.07. The maximum absolute atomic E-state index is 11.3. The number of methoxy groups -OCH3 is 1. The largest absolute Gasteiger partial charge is 0.481 e. The number of carbonyl (C=O) groups excluding carboxylic acids is 1. The molecule has 0 aliphatic heterocycles. The van der Waals surface area contributed by atoms with E-state index in [1.54, 1.807) is 4.72 Å². The van der Waals surface area contributed by atoms with Crippen LogP contribution in [0.3, 0.4) is 0 Å². The Balaban J connectivity index is 4.20. The summed E-state index contributed by atoms with van der Waals surface area (Å²) in [5, 5.41) is 8.35. The first-order valence-electron chi connectivity index (χ1n) is 4.33. The van der Waals surface area contributed by atoms with Crippen LogP contribution in [0.25, 0.3) is 0 Å². The van der Waals surface area contributed by atoms with Crippen molar-refractivity contribution in [2.75, 3.05) is 20.7 Å². The molecule has 0 bridgehead atoms. The van der Waals surface area contributed by atoms with E-state index in [0.717, 1.165) is 11.4 Å². The van der Waals surface area contributed by atoms with E-state index >= 15 is 0 Å². The number of rotatable bonds is 6. The number of amides is 1. The van der Waals surface area contributed by atoms with Crippen molar-refractivity contribution in [3.05, 3.63) is 0 Å². The van der Waals surface area contributed by atoms with Crippen LogP contribution in [0.15, 0.2) is 0 Å². The highest BCUT2D eigenvalue weighted by molar-refractivity contribution is 7.87. The summed E-state index contributed by atoms with van der Waals surface area (Å²) in [5.41, 5.74) is 0. The number of aliphatic carboxylic acids is 1. The smallest absolute Gasteiger partial charge is 0.421 e. The first kappa shape index (κ1) is 14.6. The predicted octanol–water partition coefficient (Wildman–Crippen LogP) is -0.616. The first-order chi connectivity index (χ1) is 7.29. The molecule has 0 spiro atoms. The van der Waals surface area contributed by atoms with Gasteiger partial charge in [0.2, 0.25) is 0 Å². The minimum atomic E-state index is -3.95. The Kier molecular flexibility index (Phi) is 5.75. The SMILES string of the molecule is COC(=O)NS(=O)(=O)N(C)CCCC(=O)O. The molecule has 0 aliphatic carbocycles. The minimum absolute atomic E-state index is 0.00136. The van der Waals surface area contributed by atoms with Gasteiger partial charge in [-0.1, -0.05) is 0 Å². The van der Waals surface area contributed by atoms with Gasteiger partial charge in [-0.2, -0.15) is 12.7 Å². The van der Waals surface area contributed by atoms with Gasteiger partial charge in [0.05, 0.1) is 7.11 Å². The normalized spacial score (nSPS) is 11.2. The topological polar surface area (TPSA) is 113 Å². The molecular weight excluding hydrogens is 240 g/mol. The van der Waals surface area contributed by atoms with Gasteiger partial charge in [-0.25, -0.2) is 9.52 Å². The highest BCUT2D eigenvalue weighted by Gasteiger charge is 2.20. The number of carboxylic acids is 1. The van der Waals surface area contributed by atoms with Gasteiger partial charge in [-0.15, -0.1) is 0 Å². The monoisotopic (exact) mass is 254 g/mol. The molecule has 0 rings (SSSR count). The molecule has 0 aromatic heterocycles. The van der Waals surface area contributed by atoms with E-state index in [-0.39, 0.29) is 19.4 Å². The molecule has 0 fully saturated rings. The van der Waals surface area contributed by atoms with Crippen molar-refractivity contribution in [2.24, 2.45) is 0 Å². The molecule has 2 N–H and O–H groups in total. The molecule has 0 unspecified atom stereocenters. The van der Waals surface area contributed by atoms with Gasteiger partial charge >= 0.3 is 22.3 Å². The lowest BCUT2D eigenvalue weighted by Gasteiger charge is -2.16. The molecule has 0 atom stereocenters. The second kappa shape index (κ2) is 6.28. The summed E-state index contributed by atoms with van der Waals surface area (Å²) in [4.78, 5) is 20.9. The van der Waals surface area contributed by atoms with E-state index < -0.39 is 22.3 Å². The van der Waals surface area contributed by atoms with Crippen molar-refractivity contribution < 1.29 is 27.9 Å². The summed E-state index contributed by atoms with van der Waals surface area (Å²) in [6.45, 7) is -0.00136. The molecule has 16 heavy (non-hydrogen) atoms. The van der Waals surface area contributed by atoms with Crippen LogP contribution in [0, 0.1) is 0 Å². The van der Waals surface area contributed by atoms with E-state index in [2.05, 4.69) is 4.74 Å². The summed E-state index contributed by atoms with van der Waals surface area (Å²) in [5.74, 6) is -1.01. The molecule has 0 aromatic carbocycles. The van der Waals surface area contributed by atoms with Gasteiger partial charge in [0.25, 0.3) is 0 Å². The van der Waals surface area contributed by atoms with Crippen molar-refractivity contribution in [3.8, 4) is 0 Å². The standard InChI is InChI=1S/C7H14N2O6S/c1-9(5-3-4-6(10)11)16(13,14)8-7(12)15-2/h3-5H2,1-2H3,(H,8,12)(H,10,11). The quantitative estimate of drug-likeness (QED) is 0.653. The molecule has 8 nitrogen and oxygen atoms in total. The van der Waals surface area contributed by atoms with Crippen molar-refractivity contribution >= 4 is 22.3 Å². The summed E-state index contributed by atoms with van der Waals surface area (Å²) < 4.78 is 29.3. The Morgan fingerprint density at radius 3 is 2.44 bits per heavy atom. The van der Waals surface area contributed by atoms with Crippen LogP contribution in [0.5, 0.6) is 0 Å². The van der Waals surface area contributed by atoms with Gasteiger partial charge < -0.3 is 9.84 Å². The number of nitrogens with one attached hydrogen (secondary N) is 1. The molecule has 0 aromatic rings. The fourth-order valence-corrected chi connectivity index (χ4v) is 1.62. The van der Waals surface area contributed by atoms with Crippen molar-refractivity contribution in [2.45, 2.75) is 12.8 Å². The summed E-state index contributed by atoms with van der Waals surface area (Å²) in [6, 6.07) is 0. The van der Waals surface area contributed by atoms with E-state index in [0.29, 0.717) is 0 Å². The Bertz CT molecular complexity index is 352. The van der Waals surface area contributed by atoms with Crippen LogP contribution in [0.2, 0.25) is 0 Å². The predicted molar refractivity (Wildman–Crippen MR) is 54.0 cm³/mol. The number of nitrogens with zero attached hydrogens (tertiary/aromatic N) is 1. The molecular formula is C7H14N2O6S. The fraction of sp³-hybridized carbons (Fsp3) is 0.714. The van der Waals surface area contributed by atoms with E-state index in [9.17, 15) is 18.0 Å². The molecule has 0 saturated heterocycles. The second-order valence-corrected chi connectivity index (χ2v) is 4.70. The van der Waals surface area contributed by atoms with E-state index in [1.807, 2.05) is 0 Å². The molecule has 0 saturated carbocycles. The number of hydrogen-bond donors (Lipinski definition) is 2. The molecule has 94 valence electrons. The van der Waals surface area contributed by atoms with Crippen LogP contribution in [0.4, 0.5) is 4.79 Å². The van der Waals surface area contributed by atoms with Crippen LogP contribution in [-0.2, 0) is 19.7 Å². The van der Waals surface area contributed by atoms with E-state index in [1.165, 1.54) is 7.05 Å². The second-order valence-electron chi connectivity index (χ2n) is 2.92. The molecule has 1 amide bonds. The Hall–Kier alpha value is -1.35. The van der Waals surface area contributed by atoms with Crippen LogP contribution < -0.4 is 4.72 Å². The van der Waals surface area contributed by atoms with Crippen molar-refractivity contribution in [1.82, 2.24) is 9.03 Å². The molecule has 0 radical (unpaired) electrons. The van der Waals surface area contributed by atoms with Gasteiger partial charge in [0.1, 0.15) is 0 Å². The summed E-state index contributed by atoms with van der Waals surface area (Å²) in [7, 11) is -1.69. The van der Waals surface area contributed by atoms with Crippen molar-refractivity contribution in [1.29, 1.82) is 0 Å². The van der Waals surface area contributed by atoms with Crippen LogP contribution >= 0.6 is 0 Å². The summed E-state index contributed by atoms with van der Waals surface area (Å²) >= 11 is 0. The number of carboxylic acid groups (broad SMARTS) is 1. The number of hydrogen-bond acceptors (Lipinski definition) is 5. The number of ether oxygens (including phenoxy) is 1. The highest BCUT2D eigenvalue weighted by Crippen LogP contribution is 1.98. The molecule has 9 heteroatoms.